The monoisotopic (exact) mass is 445 g/mol. The fourth-order valence-electron chi connectivity index (χ4n) is 2.81. The third-order valence-electron chi connectivity index (χ3n) is 4.14. The molecule has 2 unspecified atom stereocenters. The quantitative estimate of drug-likeness (QED) is 0.511. The first kappa shape index (κ1) is 18.2. The van der Waals surface area contributed by atoms with E-state index in [4.69, 9.17) is 4.75 Å². The zero-order valence-corrected chi connectivity index (χ0v) is 17.5. The third-order valence-corrected chi connectivity index (χ3v) is 21.2. The number of benzene rings is 2. The van der Waals surface area contributed by atoms with Crippen molar-refractivity contribution >= 4 is 34.9 Å². The molecule has 1 nitrogen and oxygen atoms in total. The topological polar surface area (TPSA) is 26.0 Å². The minimum atomic E-state index is -1.25. The molecule has 117 valence electrons. The van der Waals surface area contributed by atoms with E-state index >= 15 is 0 Å². The van der Waals surface area contributed by atoms with Gasteiger partial charge in [-0.05, 0) is 0 Å². The molecule has 2 aromatic rings. The summed E-state index contributed by atoms with van der Waals surface area (Å²) in [4.78, 5) is 0. The van der Waals surface area contributed by atoms with E-state index in [0.29, 0.717) is 11.3 Å². The summed E-state index contributed by atoms with van der Waals surface area (Å²) in [7, 11) is 0. The number of rotatable bonds is 7. The van der Waals surface area contributed by atoms with Crippen molar-refractivity contribution in [3.05, 3.63) is 71.8 Å². The summed E-state index contributed by atoms with van der Waals surface area (Å²) in [6.45, 7) is 4.76. The first-order valence-corrected chi connectivity index (χ1v) is 15.0. The molecule has 0 aromatic heterocycles. The first-order valence-electron chi connectivity index (χ1n) is 7.62. The molecule has 0 saturated heterocycles. The maximum atomic E-state index is 6.30. The van der Waals surface area contributed by atoms with Gasteiger partial charge in [0.25, 0.3) is 0 Å². The van der Waals surface area contributed by atoms with Gasteiger partial charge < -0.3 is 0 Å². The molecule has 2 aromatic carbocycles. The van der Waals surface area contributed by atoms with Crippen molar-refractivity contribution < 1.29 is 0 Å². The molecule has 2 atom stereocenters. The molecule has 2 N–H and O–H groups in total. The van der Waals surface area contributed by atoms with Gasteiger partial charge in [0.15, 0.2) is 0 Å². The summed E-state index contributed by atoms with van der Waals surface area (Å²) >= 11 is 3.78. The standard InChI is InChI=1S/C18H24NPSe2/c1-15(13-17-9-5-3-6-10-17)20(21,22-19)16(2)14-18-11-7-4-8-12-18/h3-12,15-16H,13-14,19H2,1-2H3/q+1. The zero-order valence-electron chi connectivity index (χ0n) is 13.2. The normalized spacial score (nSPS) is 16.7. The summed E-state index contributed by atoms with van der Waals surface area (Å²) in [6.07, 6.45) is 2.25. The van der Waals surface area contributed by atoms with E-state index < -0.39 is 4.64 Å². The number of hydrogen-bond donors (Lipinski definition) is 1. The minimum absolute atomic E-state index is 0.190. The molecule has 0 saturated carbocycles. The molecule has 0 spiro atoms. The SMILES string of the molecule is CC(Cc1ccccc1)[P+]([Se])([Se]N)C(C)Cc1ccccc1. The van der Waals surface area contributed by atoms with Crippen molar-refractivity contribution in [1.82, 2.24) is 0 Å². The van der Waals surface area contributed by atoms with E-state index in [1.165, 1.54) is 11.1 Å². The van der Waals surface area contributed by atoms with E-state index in [1.54, 1.807) is 0 Å². The van der Waals surface area contributed by atoms with Crippen molar-refractivity contribution in [1.29, 1.82) is 0 Å². The van der Waals surface area contributed by atoms with Crippen molar-refractivity contribution in [3.8, 4) is 0 Å². The van der Waals surface area contributed by atoms with Crippen LogP contribution >= 0.6 is 4.64 Å². The maximum absolute atomic E-state index is 6.30. The van der Waals surface area contributed by atoms with Gasteiger partial charge in [-0.1, -0.05) is 0 Å². The molecule has 0 bridgehead atoms. The molecule has 0 aliphatic heterocycles. The van der Waals surface area contributed by atoms with Gasteiger partial charge in [0.2, 0.25) is 0 Å². The average Bonchev–Trinajstić information content (AvgIpc) is 2.55. The van der Waals surface area contributed by atoms with Crippen molar-refractivity contribution in [2.45, 2.75) is 38.0 Å². The molecule has 0 amide bonds. The Morgan fingerprint density at radius 2 is 1.23 bits per heavy atom. The van der Waals surface area contributed by atoms with Crippen LogP contribution in [0, 0.1) is 0 Å². The summed E-state index contributed by atoms with van der Waals surface area (Å²) in [5.74, 6) is 0. The van der Waals surface area contributed by atoms with Crippen LogP contribution in [-0.2, 0) is 12.8 Å². The summed E-state index contributed by atoms with van der Waals surface area (Å²) < 4.78 is 5.05. The second kappa shape index (κ2) is 8.65. The van der Waals surface area contributed by atoms with Crippen LogP contribution in [-0.4, -0.2) is 41.6 Å². The molecule has 2 rings (SSSR count). The van der Waals surface area contributed by atoms with Gasteiger partial charge in [-0.2, -0.15) is 0 Å². The fourth-order valence-corrected chi connectivity index (χ4v) is 9.51. The Labute approximate surface area is 149 Å². The van der Waals surface area contributed by atoms with Gasteiger partial charge >= 0.3 is 149 Å². The van der Waals surface area contributed by atoms with E-state index in [-0.39, 0.29) is 14.7 Å². The predicted octanol–water partition coefficient (Wildman–Crippen LogP) is 3.84. The molecule has 0 heterocycles. The molecule has 1 radical (unpaired) electrons. The fraction of sp³-hybridized carbons (Fsp3) is 0.333. The van der Waals surface area contributed by atoms with Gasteiger partial charge in [0.05, 0.1) is 0 Å². The Bertz CT molecular complexity index is 514. The molecule has 4 heteroatoms. The summed E-state index contributed by atoms with van der Waals surface area (Å²) in [6, 6.07) is 21.6. The van der Waals surface area contributed by atoms with Crippen molar-refractivity contribution in [2.24, 2.45) is 4.75 Å². The van der Waals surface area contributed by atoms with Crippen LogP contribution in [0.2, 0.25) is 0 Å². The molecular weight excluding hydrogens is 419 g/mol. The van der Waals surface area contributed by atoms with Crippen LogP contribution in [0.4, 0.5) is 0 Å². The van der Waals surface area contributed by atoms with Gasteiger partial charge in [-0.25, -0.2) is 0 Å². The van der Waals surface area contributed by atoms with Crippen LogP contribution in [0.5, 0.6) is 0 Å². The Balaban J connectivity index is 2.09. The summed E-state index contributed by atoms with van der Waals surface area (Å²) in [5, 5.41) is 0. The van der Waals surface area contributed by atoms with Crippen LogP contribution in [0.3, 0.4) is 0 Å². The van der Waals surface area contributed by atoms with E-state index in [1.807, 2.05) is 0 Å². The zero-order chi connectivity index (χ0) is 16.0. The Hall–Kier alpha value is -0.131. The number of nitrogens with two attached hydrogens (primary N) is 1. The average molecular weight is 443 g/mol. The predicted molar refractivity (Wildman–Crippen MR) is 102 cm³/mol. The Morgan fingerprint density at radius 3 is 1.55 bits per heavy atom. The van der Waals surface area contributed by atoms with E-state index in [0.717, 1.165) is 12.8 Å². The first-order chi connectivity index (χ1) is 10.6. The Morgan fingerprint density at radius 1 is 0.864 bits per heavy atom. The van der Waals surface area contributed by atoms with Crippen LogP contribution in [0.25, 0.3) is 0 Å². The molecule has 0 aliphatic rings. The number of hydrogen-bond acceptors (Lipinski definition) is 1. The summed E-state index contributed by atoms with van der Waals surface area (Å²) in [5.41, 5.74) is 4.12. The molecule has 22 heavy (non-hydrogen) atoms. The van der Waals surface area contributed by atoms with Gasteiger partial charge in [0.1, 0.15) is 0 Å². The van der Waals surface area contributed by atoms with Crippen LogP contribution in [0.1, 0.15) is 25.0 Å². The van der Waals surface area contributed by atoms with E-state index in [9.17, 15) is 0 Å². The molecule has 0 aliphatic carbocycles. The van der Waals surface area contributed by atoms with Crippen LogP contribution in [0.15, 0.2) is 60.7 Å². The van der Waals surface area contributed by atoms with Crippen LogP contribution < -0.4 is 4.75 Å². The van der Waals surface area contributed by atoms with Gasteiger partial charge in [0, 0.05) is 0 Å². The third kappa shape index (κ3) is 4.68. The molecular formula is C18H24NPSe2+. The Kier molecular flexibility index (Phi) is 7.16. The van der Waals surface area contributed by atoms with Gasteiger partial charge in [-0.3, -0.25) is 0 Å². The van der Waals surface area contributed by atoms with Crippen molar-refractivity contribution in [2.75, 3.05) is 0 Å². The second-order valence-corrected chi connectivity index (χ2v) is 21.5. The van der Waals surface area contributed by atoms with Crippen molar-refractivity contribution in [3.63, 3.8) is 0 Å². The van der Waals surface area contributed by atoms with E-state index in [2.05, 4.69) is 90.1 Å². The molecule has 0 fully saturated rings. The van der Waals surface area contributed by atoms with Gasteiger partial charge in [-0.15, -0.1) is 0 Å². The second-order valence-electron chi connectivity index (χ2n) is 5.83.